The Balaban J connectivity index is 1.25. The van der Waals surface area contributed by atoms with Crippen molar-refractivity contribution in [3.05, 3.63) is 114 Å². The number of aromatic nitrogens is 2. The van der Waals surface area contributed by atoms with Crippen LogP contribution < -0.4 is 21.3 Å². The van der Waals surface area contributed by atoms with E-state index in [2.05, 4.69) is 49.9 Å². The third kappa shape index (κ3) is 7.81. The first-order valence-electron chi connectivity index (χ1n) is 14.8. The van der Waals surface area contributed by atoms with Crippen molar-refractivity contribution in [3.63, 3.8) is 0 Å². The number of hydrogen-bond donors (Lipinski definition) is 4. The maximum Gasteiger partial charge on any atom is 0.421 e. The summed E-state index contributed by atoms with van der Waals surface area (Å²) in [6, 6.07) is 21.8. The fourth-order valence-corrected chi connectivity index (χ4v) is 5.32. The predicted octanol–water partition coefficient (Wildman–Crippen LogP) is 6.85. The lowest BCUT2D eigenvalue weighted by Crippen LogP contribution is -2.38. The highest BCUT2D eigenvalue weighted by Crippen LogP contribution is 2.36. The van der Waals surface area contributed by atoms with Crippen molar-refractivity contribution < 1.29 is 22.8 Å². The maximum atomic E-state index is 13.8. The number of anilines is 5. The zero-order valence-electron chi connectivity index (χ0n) is 25.2. The Morgan fingerprint density at radius 3 is 2.54 bits per heavy atom. The molecular weight excluding hydrogens is 595 g/mol. The quantitative estimate of drug-likeness (QED) is 0.142. The summed E-state index contributed by atoms with van der Waals surface area (Å²) in [5.41, 5.74) is 2.97. The van der Waals surface area contributed by atoms with Gasteiger partial charge in [0.25, 0.3) is 5.91 Å². The number of hydrogen-bond acceptors (Lipinski definition) is 7. The van der Waals surface area contributed by atoms with Gasteiger partial charge in [-0.05, 0) is 66.4 Å². The fraction of sp³-hybridized carbons (Fsp3) is 0.235. The van der Waals surface area contributed by atoms with Crippen LogP contribution in [0.5, 0.6) is 0 Å². The molecule has 238 valence electrons. The SMILES string of the molecule is C=CC(=O)N1CCC[C@@H](c2cccc(NCc3ccc(Nc4ncc(C(F)(F)F)c(Nc5ccccc5C(=O)NC)n4)cc3)c2)C1. The molecule has 12 heteroatoms. The van der Waals surface area contributed by atoms with Gasteiger partial charge in [-0.15, -0.1) is 0 Å². The molecule has 1 atom stereocenters. The third-order valence-corrected chi connectivity index (χ3v) is 7.72. The van der Waals surface area contributed by atoms with Crippen molar-refractivity contribution in [2.75, 3.05) is 36.1 Å². The summed E-state index contributed by atoms with van der Waals surface area (Å²) in [5, 5.41) is 11.5. The Morgan fingerprint density at radius 2 is 1.80 bits per heavy atom. The number of benzene rings is 3. The molecule has 1 aromatic heterocycles. The number of carbonyl (C=O) groups is 2. The highest BCUT2D eigenvalue weighted by atomic mass is 19.4. The normalized spacial score (nSPS) is 14.7. The summed E-state index contributed by atoms with van der Waals surface area (Å²) in [6.07, 6.45) is -0.693. The smallest absolute Gasteiger partial charge is 0.381 e. The van der Waals surface area contributed by atoms with E-state index in [0.717, 1.165) is 30.6 Å². The topological polar surface area (TPSA) is 111 Å². The van der Waals surface area contributed by atoms with Crippen LogP contribution in [-0.2, 0) is 17.5 Å². The molecule has 0 aliphatic carbocycles. The fourth-order valence-electron chi connectivity index (χ4n) is 5.32. The number of alkyl halides is 3. The van der Waals surface area contributed by atoms with Crippen molar-refractivity contribution >= 4 is 40.6 Å². The van der Waals surface area contributed by atoms with E-state index in [-0.39, 0.29) is 29.0 Å². The minimum Gasteiger partial charge on any atom is -0.381 e. The largest absolute Gasteiger partial charge is 0.421 e. The molecule has 4 N–H and O–H groups in total. The van der Waals surface area contributed by atoms with Crippen LogP contribution in [0.4, 0.5) is 42.0 Å². The average Bonchev–Trinajstić information content (AvgIpc) is 3.07. The molecule has 1 aliphatic rings. The summed E-state index contributed by atoms with van der Waals surface area (Å²) in [5.74, 6) is -0.769. The lowest BCUT2D eigenvalue weighted by atomic mass is 9.90. The number of likely N-dealkylation sites (tertiary alicyclic amines) is 1. The van der Waals surface area contributed by atoms with Gasteiger partial charge in [0, 0.05) is 50.2 Å². The summed E-state index contributed by atoms with van der Waals surface area (Å²) >= 11 is 0. The summed E-state index contributed by atoms with van der Waals surface area (Å²) < 4.78 is 41.4. The van der Waals surface area contributed by atoms with E-state index in [9.17, 15) is 22.8 Å². The van der Waals surface area contributed by atoms with E-state index < -0.39 is 23.5 Å². The van der Waals surface area contributed by atoms with E-state index >= 15 is 0 Å². The first kappa shape index (κ1) is 32.0. The summed E-state index contributed by atoms with van der Waals surface area (Å²) in [6.45, 7) is 5.57. The van der Waals surface area contributed by atoms with Crippen molar-refractivity contribution in [2.45, 2.75) is 31.5 Å². The van der Waals surface area contributed by atoms with Crippen LogP contribution in [-0.4, -0.2) is 46.8 Å². The van der Waals surface area contributed by atoms with E-state index in [0.29, 0.717) is 25.0 Å². The Labute approximate surface area is 265 Å². The lowest BCUT2D eigenvalue weighted by Gasteiger charge is -2.32. The molecule has 2 heterocycles. The molecule has 2 amide bonds. The number of para-hydroxylation sites is 1. The molecule has 3 aromatic carbocycles. The summed E-state index contributed by atoms with van der Waals surface area (Å²) in [4.78, 5) is 34.2. The van der Waals surface area contributed by atoms with Gasteiger partial charge in [-0.2, -0.15) is 18.2 Å². The van der Waals surface area contributed by atoms with Crippen molar-refractivity contribution in [1.82, 2.24) is 20.2 Å². The number of piperidine rings is 1. The van der Waals surface area contributed by atoms with Crippen molar-refractivity contribution in [3.8, 4) is 0 Å². The molecule has 4 aromatic rings. The molecule has 0 spiro atoms. The van der Waals surface area contributed by atoms with Crippen molar-refractivity contribution in [2.24, 2.45) is 0 Å². The Bertz CT molecular complexity index is 1710. The number of nitrogens with one attached hydrogen (secondary N) is 4. The zero-order valence-corrected chi connectivity index (χ0v) is 25.2. The minimum absolute atomic E-state index is 0.0393. The number of carbonyl (C=O) groups excluding carboxylic acids is 2. The summed E-state index contributed by atoms with van der Waals surface area (Å²) in [7, 11) is 1.44. The minimum atomic E-state index is -4.72. The van der Waals surface area contributed by atoms with E-state index in [1.165, 1.54) is 30.8 Å². The van der Waals surface area contributed by atoms with Crippen LogP contribution in [0.1, 0.15) is 45.8 Å². The van der Waals surface area contributed by atoms with E-state index in [1.807, 2.05) is 29.2 Å². The molecule has 0 saturated carbocycles. The molecule has 9 nitrogen and oxygen atoms in total. The second kappa shape index (κ2) is 14.1. The second-order valence-corrected chi connectivity index (χ2v) is 10.8. The molecular formula is C34H34F3N7O2. The van der Waals surface area contributed by atoms with Crippen LogP contribution in [0.25, 0.3) is 0 Å². The number of halogens is 3. The molecule has 1 saturated heterocycles. The third-order valence-electron chi connectivity index (χ3n) is 7.72. The molecule has 5 rings (SSSR count). The van der Waals surface area contributed by atoms with Gasteiger partial charge in [-0.25, -0.2) is 4.98 Å². The molecule has 1 fully saturated rings. The van der Waals surface area contributed by atoms with E-state index in [1.54, 1.807) is 24.3 Å². The number of nitrogens with zero attached hydrogens (tertiary/aromatic N) is 3. The Morgan fingerprint density at radius 1 is 1.02 bits per heavy atom. The predicted molar refractivity (Wildman–Crippen MR) is 172 cm³/mol. The zero-order chi connectivity index (χ0) is 32.7. The molecule has 1 aliphatic heterocycles. The molecule has 46 heavy (non-hydrogen) atoms. The molecule has 0 radical (unpaired) electrons. The van der Waals surface area contributed by atoms with Gasteiger partial charge in [0.2, 0.25) is 11.9 Å². The van der Waals surface area contributed by atoms with E-state index in [4.69, 9.17) is 0 Å². The Kier molecular flexibility index (Phi) is 9.85. The maximum absolute atomic E-state index is 13.8. The van der Waals surface area contributed by atoms with Crippen LogP contribution in [0.2, 0.25) is 0 Å². The standard InChI is InChI=1S/C34H34F3N7O2/c1-3-30(45)44-17-7-9-24(21-44)23-8-6-10-26(18-23)39-19-22-13-15-25(16-14-22)41-33-40-20-28(34(35,36)37)31(43-33)42-29-12-5-4-11-27(29)32(46)38-2/h3-6,8,10-16,18,20,24,39H,1,7,9,17,19,21H2,2H3,(H,38,46)(H2,40,41,42,43)/t24-/m1/s1. The second-order valence-electron chi connectivity index (χ2n) is 10.8. The van der Waals surface area contributed by atoms with Gasteiger partial charge in [-0.3, -0.25) is 9.59 Å². The van der Waals surface area contributed by atoms with Gasteiger partial charge >= 0.3 is 6.18 Å². The highest BCUT2D eigenvalue weighted by Gasteiger charge is 2.35. The van der Waals surface area contributed by atoms with Crippen LogP contribution in [0.3, 0.4) is 0 Å². The highest BCUT2D eigenvalue weighted by molar-refractivity contribution is 6.00. The monoisotopic (exact) mass is 629 g/mol. The van der Waals surface area contributed by atoms with Gasteiger partial charge in [-0.1, -0.05) is 43.0 Å². The van der Waals surface area contributed by atoms with Crippen LogP contribution in [0.15, 0.2) is 91.6 Å². The first-order chi connectivity index (χ1) is 22.1. The van der Waals surface area contributed by atoms with Crippen LogP contribution >= 0.6 is 0 Å². The lowest BCUT2D eigenvalue weighted by molar-refractivity contribution is -0.137. The first-order valence-corrected chi connectivity index (χ1v) is 14.8. The average molecular weight is 630 g/mol. The molecule has 0 bridgehead atoms. The van der Waals surface area contributed by atoms with Gasteiger partial charge in [0.1, 0.15) is 11.4 Å². The van der Waals surface area contributed by atoms with Crippen molar-refractivity contribution in [1.29, 1.82) is 0 Å². The van der Waals surface area contributed by atoms with Gasteiger partial charge in [0.15, 0.2) is 0 Å². The molecule has 0 unspecified atom stereocenters. The number of amides is 2. The van der Waals surface area contributed by atoms with Gasteiger partial charge < -0.3 is 26.2 Å². The van der Waals surface area contributed by atoms with Gasteiger partial charge in [0.05, 0.1) is 11.3 Å². The number of rotatable bonds is 10. The Hall–Kier alpha value is -5.39. The van der Waals surface area contributed by atoms with Crippen LogP contribution in [0, 0.1) is 0 Å².